The number of hydrogen-bond donors (Lipinski definition) is 1. The van der Waals surface area contributed by atoms with Crippen LogP contribution in [-0.2, 0) is 9.53 Å². The molecule has 0 aliphatic carbocycles. The number of esters is 1. The second-order valence-electron chi connectivity index (χ2n) is 3.24. The van der Waals surface area contributed by atoms with Crippen molar-refractivity contribution in [1.29, 1.82) is 0 Å². The van der Waals surface area contributed by atoms with Crippen LogP contribution in [0, 0.1) is 0 Å². The normalized spacial score (nSPS) is 13.0. The summed E-state index contributed by atoms with van der Waals surface area (Å²) in [6, 6.07) is -0.308. The van der Waals surface area contributed by atoms with Crippen molar-refractivity contribution in [2.45, 2.75) is 25.8 Å². The summed E-state index contributed by atoms with van der Waals surface area (Å²) in [6.07, 6.45) is 1.94. The molecule has 0 rings (SSSR count). The van der Waals surface area contributed by atoms with E-state index in [9.17, 15) is 4.79 Å². The number of ether oxygens (including phenoxy) is 1. The van der Waals surface area contributed by atoms with Gasteiger partial charge in [0.1, 0.15) is 6.04 Å². The zero-order valence-corrected chi connectivity index (χ0v) is 8.75. The van der Waals surface area contributed by atoms with Gasteiger partial charge in [0.05, 0.1) is 6.61 Å². The lowest BCUT2D eigenvalue weighted by atomic mass is 10.3. The number of nitrogens with two attached hydrogens (primary N) is 1. The molecular weight excluding hydrogens is 168 g/mol. The molecule has 4 nitrogen and oxygen atoms in total. The van der Waals surface area contributed by atoms with Crippen molar-refractivity contribution in [3.63, 3.8) is 0 Å². The molecule has 0 amide bonds. The van der Waals surface area contributed by atoms with Gasteiger partial charge in [-0.25, -0.2) is 0 Å². The molecule has 0 aromatic rings. The maximum Gasteiger partial charge on any atom is 0.324 e. The van der Waals surface area contributed by atoms with Gasteiger partial charge >= 0.3 is 5.97 Å². The largest absolute Gasteiger partial charge is 0.464 e. The first-order valence-electron chi connectivity index (χ1n) is 4.66. The van der Waals surface area contributed by atoms with E-state index in [1.54, 1.807) is 4.90 Å². The van der Waals surface area contributed by atoms with Crippen LogP contribution in [0.15, 0.2) is 0 Å². The molecule has 0 aliphatic heterocycles. The highest BCUT2D eigenvalue weighted by Crippen LogP contribution is 1.96. The maximum atomic E-state index is 11.3. The third kappa shape index (κ3) is 4.85. The van der Waals surface area contributed by atoms with Gasteiger partial charge in [-0.1, -0.05) is 13.3 Å². The van der Waals surface area contributed by atoms with Crippen LogP contribution in [-0.4, -0.2) is 44.2 Å². The second-order valence-corrected chi connectivity index (χ2v) is 3.24. The fraction of sp³-hybridized carbons (Fsp3) is 0.889. The second kappa shape index (κ2) is 6.86. The van der Waals surface area contributed by atoms with E-state index in [0.29, 0.717) is 13.2 Å². The minimum absolute atomic E-state index is 0.221. The molecule has 0 aromatic heterocycles. The predicted octanol–water partition coefficient (Wildman–Crippen LogP) is 0.219. The van der Waals surface area contributed by atoms with Crippen LogP contribution in [0.25, 0.3) is 0 Å². The molecular formula is C9H20N2O2. The summed E-state index contributed by atoms with van der Waals surface area (Å²) in [5.74, 6) is -0.221. The average Bonchev–Trinajstić information content (AvgIpc) is 2.05. The van der Waals surface area contributed by atoms with Crippen molar-refractivity contribution < 1.29 is 9.53 Å². The number of hydrogen-bond acceptors (Lipinski definition) is 4. The van der Waals surface area contributed by atoms with Gasteiger partial charge in [-0.05, 0) is 20.5 Å². The Morgan fingerprint density at radius 1 is 1.54 bits per heavy atom. The zero-order valence-electron chi connectivity index (χ0n) is 8.75. The highest BCUT2D eigenvalue weighted by atomic mass is 16.5. The SMILES string of the molecule is CCCCOC(=O)C(CN)N(C)C. The van der Waals surface area contributed by atoms with Gasteiger partial charge in [0.2, 0.25) is 0 Å². The third-order valence-electron chi connectivity index (χ3n) is 1.86. The minimum Gasteiger partial charge on any atom is -0.464 e. The highest BCUT2D eigenvalue weighted by molar-refractivity contribution is 5.75. The smallest absolute Gasteiger partial charge is 0.324 e. The molecule has 0 saturated carbocycles. The molecule has 4 heteroatoms. The van der Waals surface area contributed by atoms with Crippen LogP contribution < -0.4 is 5.73 Å². The van der Waals surface area contributed by atoms with Gasteiger partial charge in [0, 0.05) is 6.54 Å². The van der Waals surface area contributed by atoms with E-state index in [1.807, 2.05) is 14.1 Å². The van der Waals surface area contributed by atoms with Crippen molar-refractivity contribution >= 4 is 5.97 Å². The number of carbonyl (C=O) groups is 1. The van der Waals surface area contributed by atoms with E-state index < -0.39 is 0 Å². The summed E-state index contributed by atoms with van der Waals surface area (Å²) in [4.78, 5) is 13.1. The van der Waals surface area contributed by atoms with Gasteiger partial charge in [-0.2, -0.15) is 0 Å². The quantitative estimate of drug-likeness (QED) is 0.478. The maximum absolute atomic E-state index is 11.3. The molecule has 2 N–H and O–H groups in total. The molecule has 0 aliphatic rings. The number of nitrogens with zero attached hydrogens (tertiary/aromatic N) is 1. The number of rotatable bonds is 6. The Morgan fingerprint density at radius 2 is 2.15 bits per heavy atom. The van der Waals surface area contributed by atoms with Gasteiger partial charge in [0.15, 0.2) is 0 Å². The Balaban J connectivity index is 3.78. The Hall–Kier alpha value is -0.610. The van der Waals surface area contributed by atoms with Gasteiger partial charge < -0.3 is 10.5 Å². The first-order chi connectivity index (χ1) is 6.13. The summed E-state index contributed by atoms with van der Waals surface area (Å²) in [6.45, 7) is 2.86. The van der Waals surface area contributed by atoms with Gasteiger partial charge in [0.25, 0.3) is 0 Å². The molecule has 0 saturated heterocycles. The lowest BCUT2D eigenvalue weighted by Crippen LogP contribution is -2.42. The lowest BCUT2D eigenvalue weighted by molar-refractivity contribution is -0.148. The molecule has 0 bridgehead atoms. The van der Waals surface area contributed by atoms with E-state index in [0.717, 1.165) is 12.8 Å². The van der Waals surface area contributed by atoms with Gasteiger partial charge in [-0.15, -0.1) is 0 Å². The predicted molar refractivity (Wildman–Crippen MR) is 52.4 cm³/mol. The molecule has 0 fully saturated rings. The first-order valence-corrected chi connectivity index (χ1v) is 4.66. The molecule has 0 spiro atoms. The minimum atomic E-state index is -0.308. The molecule has 0 heterocycles. The number of unbranched alkanes of at least 4 members (excludes halogenated alkanes) is 1. The van der Waals surface area contributed by atoms with Crippen molar-refractivity contribution in [2.24, 2.45) is 5.73 Å². The van der Waals surface area contributed by atoms with E-state index in [-0.39, 0.29) is 12.0 Å². The highest BCUT2D eigenvalue weighted by Gasteiger charge is 2.19. The summed E-state index contributed by atoms with van der Waals surface area (Å²) in [7, 11) is 3.64. The van der Waals surface area contributed by atoms with Crippen LogP contribution in [0.1, 0.15) is 19.8 Å². The molecule has 13 heavy (non-hydrogen) atoms. The lowest BCUT2D eigenvalue weighted by Gasteiger charge is -2.20. The summed E-state index contributed by atoms with van der Waals surface area (Å²) in [5.41, 5.74) is 5.44. The van der Waals surface area contributed by atoms with Crippen LogP contribution in [0.5, 0.6) is 0 Å². The monoisotopic (exact) mass is 188 g/mol. The number of carbonyl (C=O) groups excluding carboxylic acids is 1. The molecule has 1 unspecified atom stereocenters. The van der Waals surface area contributed by atoms with Crippen molar-refractivity contribution in [3.8, 4) is 0 Å². The fourth-order valence-electron chi connectivity index (χ4n) is 0.931. The zero-order chi connectivity index (χ0) is 10.3. The van der Waals surface area contributed by atoms with Crippen LogP contribution in [0.4, 0.5) is 0 Å². The van der Waals surface area contributed by atoms with Gasteiger partial charge in [-0.3, -0.25) is 9.69 Å². The molecule has 0 radical (unpaired) electrons. The molecule has 1 atom stereocenters. The Morgan fingerprint density at radius 3 is 2.54 bits per heavy atom. The third-order valence-corrected chi connectivity index (χ3v) is 1.86. The fourth-order valence-corrected chi connectivity index (χ4v) is 0.931. The topological polar surface area (TPSA) is 55.6 Å². The standard InChI is InChI=1S/C9H20N2O2/c1-4-5-6-13-9(12)8(7-10)11(2)3/h8H,4-7,10H2,1-3H3. The van der Waals surface area contributed by atoms with E-state index in [2.05, 4.69) is 6.92 Å². The summed E-state index contributed by atoms with van der Waals surface area (Å²) < 4.78 is 5.04. The summed E-state index contributed by atoms with van der Waals surface area (Å²) >= 11 is 0. The van der Waals surface area contributed by atoms with E-state index in [1.165, 1.54) is 0 Å². The Kier molecular flexibility index (Phi) is 6.54. The van der Waals surface area contributed by atoms with E-state index >= 15 is 0 Å². The van der Waals surface area contributed by atoms with Crippen LogP contribution in [0.3, 0.4) is 0 Å². The average molecular weight is 188 g/mol. The molecule has 0 aromatic carbocycles. The first kappa shape index (κ1) is 12.4. The Labute approximate surface area is 80.0 Å². The van der Waals surface area contributed by atoms with Crippen molar-refractivity contribution in [2.75, 3.05) is 27.2 Å². The summed E-state index contributed by atoms with van der Waals surface area (Å²) in [5, 5.41) is 0. The molecule has 78 valence electrons. The van der Waals surface area contributed by atoms with E-state index in [4.69, 9.17) is 10.5 Å². The van der Waals surface area contributed by atoms with Crippen molar-refractivity contribution in [3.05, 3.63) is 0 Å². The van der Waals surface area contributed by atoms with Crippen LogP contribution in [0.2, 0.25) is 0 Å². The number of likely N-dealkylation sites (N-methyl/N-ethyl adjacent to an activating group) is 1. The van der Waals surface area contributed by atoms with Crippen molar-refractivity contribution in [1.82, 2.24) is 4.90 Å². The Bertz CT molecular complexity index is 149. The van der Waals surface area contributed by atoms with Crippen LogP contribution >= 0.6 is 0 Å².